The molecule has 0 saturated heterocycles. The van der Waals surface area contributed by atoms with E-state index in [2.05, 4.69) is 33.5 Å². The molecule has 0 heterocycles. The molecule has 0 bridgehead atoms. The summed E-state index contributed by atoms with van der Waals surface area (Å²) in [6, 6.07) is 4.47. The summed E-state index contributed by atoms with van der Waals surface area (Å²) in [7, 11) is 0. The van der Waals surface area contributed by atoms with E-state index in [-0.39, 0.29) is 21.6 Å². The van der Waals surface area contributed by atoms with Crippen LogP contribution >= 0.6 is 28.1 Å². The van der Waals surface area contributed by atoms with Gasteiger partial charge in [-0.25, -0.2) is 4.39 Å². The van der Waals surface area contributed by atoms with Gasteiger partial charge in [0.2, 0.25) is 0 Å². The van der Waals surface area contributed by atoms with Crippen molar-refractivity contribution < 1.29 is 9.18 Å². The molecule has 1 aromatic rings. The van der Waals surface area contributed by atoms with Crippen molar-refractivity contribution >= 4 is 39.0 Å². The number of hydrogen-bond acceptors (Lipinski definition) is 2. The maximum Gasteiger partial charge on any atom is 0.254 e. The lowest BCUT2D eigenvalue weighted by Gasteiger charge is -2.05. The summed E-state index contributed by atoms with van der Waals surface area (Å²) >= 11 is 7.57. The van der Waals surface area contributed by atoms with Crippen molar-refractivity contribution in [2.45, 2.75) is 0 Å². The van der Waals surface area contributed by atoms with Crippen LogP contribution in [0.15, 0.2) is 22.7 Å². The number of benzene rings is 1. The molecule has 1 aromatic carbocycles. The van der Waals surface area contributed by atoms with Gasteiger partial charge >= 0.3 is 0 Å². The first-order valence-corrected chi connectivity index (χ1v) is 5.23. The van der Waals surface area contributed by atoms with Gasteiger partial charge in [0.05, 0.1) is 21.6 Å². The second-order valence-corrected chi connectivity index (χ2v) is 4.13. The first kappa shape index (κ1) is 12.1. The van der Waals surface area contributed by atoms with Crippen LogP contribution < -0.4 is 11.1 Å². The Balaban J connectivity index is 2.82. The van der Waals surface area contributed by atoms with E-state index >= 15 is 0 Å². The SMILES string of the molecule is NC(=S)CNC(=O)c1cccc(Br)c1F. The van der Waals surface area contributed by atoms with Crippen molar-refractivity contribution in [2.24, 2.45) is 5.73 Å². The Hall–Kier alpha value is -1.01. The third kappa shape index (κ3) is 3.24. The van der Waals surface area contributed by atoms with E-state index in [1.165, 1.54) is 12.1 Å². The third-order valence-corrected chi connectivity index (χ3v) is 2.38. The fourth-order valence-corrected chi connectivity index (χ4v) is 1.38. The summed E-state index contributed by atoms with van der Waals surface area (Å²) < 4.78 is 13.6. The Morgan fingerprint density at radius 1 is 1.60 bits per heavy atom. The first-order valence-electron chi connectivity index (χ1n) is 4.03. The van der Waals surface area contributed by atoms with E-state index in [1.54, 1.807) is 6.07 Å². The molecule has 0 aliphatic heterocycles. The summed E-state index contributed by atoms with van der Waals surface area (Å²) in [5.41, 5.74) is 5.16. The summed E-state index contributed by atoms with van der Waals surface area (Å²) in [5, 5.41) is 2.40. The number of hydrogen-bond donors (Lipinski definition) is 2. The molecular formula is C9H8BrFN2OS. The molecule has 0 aliphatic carbocycles. The zero-order valence-electron chi connectivity index (χ0n) is 7.59. The zero-order chi connectivity index (χ0) is 11.4. The Morgan fingerprint density at radius 2 is 2.27 bits per heavy atom. The van der Waals surface area contributed by atoms with Crippen LogP contribution in [-0.2, 0) is 0 Å². The van der Waals surface area contributed by atoms with E-state index in [1.807, 2.05) is 0 Å². The van der Waals surface area contributed by atoms with Gasteiger partial charge in [-0.2, -0.15) is 0 Å². The number of carbonyl (C=O) groups excluding carboxylic acids is 1. The molecule has 3 nitrogen and oxygen atoms in total. The molecule has 1 amide bonds. The first-order chi connectivity index (χ1) is 7.02. The molecule has 0 fully saturated rings. The number of nitrogens with one attached hydrogen (secondary N) is 1. The Labute approximate surface area is 100.0 Å². The number of amides is 1. The van der Waals surface area contributed by atoms with Crippen LogP contribution in [0.25, 0.3) is 0 Å². The fourth-order valence-electron chi connectivity index (χ4n) is 0.942. The van der Waals surface area contributed by atoms with Crippen LogP contribution in [-0.4, -0.2) is 17.4 Å². The van der Waals surface area contributed by atoms with Crippen molar-refractivity contribution in [3.8, 4) is 0 Å². The van der Waals surface area contributed by atoms with Crippen LogP contribution in [0.2, 0.25) is 0 Å². The minimum atomic E-state index is -0.599. The Kier molecular flexibility index (Phi) is 4.16. The van der Waals surface area contributed by atoms with Crippen LogP contribution in [0.5, 0.6) is 0 Å². The molecule has 0 aliphatic rings. The molecular weight excluding hydrogens is 283 g/mol. The second-order valence-electron chi connectivity index (χ2n) is 2.75. The lowest BCUT2D eigenvalue weighted by molar-refractivity contribution is 0.0955. The van der Waals surface area contributed by atoms with Crippen molar-refractivity contribution in [1.29, 1.82) is 0 Å². The standard InChI is InChI=1S/C9H8BrFN2OS/c10-6-3-1-2-5(8(6)11)9(14)13-4-7(12)15/h1-3H,4H2,(H2,12,15)(H,13,14). The van der Waals surface area contributed by atoms with E-state index < -0.39 is 11.7 Å². The minimum absolute atomic E-state index is 0.0411. The van der Waals surface area contributed by atoms with Crippen LogP contribution in [0.3, 0.4) is 0 Å². The van der Waals surface area contributed by atoms with E-state index in [0.717, 1.165) is 0 Å². The monoisotopic (exact) mass is 290 g/mol. The summed E-state index contributed by atoms with van der Waals surface area (Å²) in [5.74, 6) is -1.14. The quantitative estimate of drug-likeness (QED) is 0.832. The predicted molar refractivity (Wildman–Crippen MR) is 63.2 cm³/mol. The highest BCUT2D eigenvalue weighted by molar-refractivity contribution is 9.10. The number of carbonyl (C=O) groups is 1. The third-order valence-electron chi connectivity index (χ3n) is 1.62. The van der Waals surface area contributed by atoms with Crippen molar-refractivity contribution in [3.05, 3.63) is 34.1 Å². The lowest BCUT2D eigenvalue weighted by atomic mass is 10.2. The highest BCUT2D eigenvalue weighted by Gasteiger charge is 2.13. The van der Waals surface area contributed by atoms with E-state index in [9.17, 15) is 9.18 Å². The largest absolute Gasteiger partial charge is 0.392 e. The molecule has 0 spiro atoms. The van der Waals surface area contributed by atoms with Crippen LogP contribution in [0, 0.1) is 5.82 Å². The molecule has 15 heavy (non-hydrogen) atoms. The molecule has 1 rings (SSSR count). The van der Waals surface area contributed by atoms with Gasteiger partial charge in [-0.05, 0) is 28.1 Å². The molecule has 3 N–H and O–H groups in total. The smallest absolute Gasteiger partial charge is 0.254 e. The number of rotatable bonds is 3. The van der Waals surface area contributed by atoms with Gasteiger partial charge in [0.15, 0.2) is 0 Å². The van der Waals surface area contributed by atoms with E-state index in [0.29, 0.717) is 0 Å². The molecule has 0 unspecified atom stereocenters. The number of thiocarbonyl (C=S) groups is 1. The van der Waals surface area contributed by atoms with Crippen molar-refractivity contribution in [3.63, 3.8) is 0 Å². The van der Waals surface area contributed by atoms with Crippen molar-refractivity contribution in [1.82, 2.24) is 5.32 Å². The topological polar surface area (TPSA) is 55.1 Å². The molecule has 0 radical (unpaired) electrons. The van der Waals surface area contributed by atoms with Gasteiger partial charge in [-0.1, -0.05) is 18.3 Å². The van der Waals surface area contributed by atoms with Crippen LogP contribution in [0.1, 0.15) is 10.4 Å². The van der Waals surface area contributed by atoms with Crippen molar-refractivity contribution in [2.75, 3.05) is 6.54 Å². The Morgan fingerprint density at radius 3 is 2.87 bits per heavy atom. The summed E-state index contributed by atoms with van der Waals surface area (Å²) in [6.45, 7) is 0.0557. The normalized spacial score (nSPS) is 9.73. The van der Waals surface area contributed by atoms with Gasteiger partial charge < -0.3 is 11.1 Å². The van der Waals surface area contributed by atoms with Crippen LogP contribution in [0.4, 0.5) is 4.39 Å². The van der Waals surface area contributed by atoms with Gasteiger partial charge in [-0.15, -0.1) is 0 Å². The molecule has 0 saturated carbocycles. The second kappa shape index (κ2) is 5.18. The summed E-state index contributed by atoms with van der Waals surface area (Å²) in [6.07, 6.45) is 0. The van der Waals surface area contributed by atoms with Gasteiger partial charge in [0, 0.05) is 0 Å². The zero-order valence-corrected chi connectivity index (χ0v) is 9.99. The maximum absolute atomic E-state index is 13.4. The Bertz CT molecular complexity index is 411. The summed E-state index contributed by atoms with van der Waals surface area (Å²) in [4.78, 5) is 11.6. The fraction of sp³-hybridized carbons (Fsp3) is 0.111. The average molecular weight is 291 g/mol. The lowest BCUT2D eigenvalue weighted by Crippen LogP contribution is -2.32. The highest BCUT2D eigenvalue weighted by Crippen LogP contribution is 2.18. The minimum Gasteiger partial charge on any atom is -0.392 e. The van der Waals surface area contributed by atoms with Gasteiger partial charge in [-0.3, -0.25) is 4.79 Å². The predicted octanol–water partition coefficient (Wildman–Crippen LogP) is 1.60. The average Bonchev–Trinajstić information content (AvgIpc) is 2.18. The van der Waals surface area contributed by atoms with Gasteiger partial charge in [0.1, 0.15) is 5.82 Å². The highest BCUT2D eigenvalue weighted by atomic mass is 79.9. The van der Waals surface area contributed by atoms with Gasteiger partial charge in [0.25, 0.3) is 5.91 Å². The molecule has 0 atom stereocenters. The molecule has 6 heteroatoms. The maximum atomic E-state index is 13.4. The number of nitrogens with two attached hydrogens (primary N) is 1. The molecule has 0 aromatic heterocycles. The molecule has 80 valence electrons. The number of halogens is 2. The van der Waals surface area contributed by atoms with E-state index in [4.69, 9.17) is 5.73 Å².